The first-order valence-corrected chi connectivity index (χ1v) is 8.36. The second kappa shape index (κ2) is 8.63. The van der Waals surface area contributed by atoms with Crippen molar-refractivity contribution in [1.82, 2.24) is 4.90 Å². The Kier molecular flexibility index (Phi) is 6.73. The summed E-state index contributed by atoms with van der Waals surface area (Å²) in [7, 11) is 2.01. The van der Waals surface area contributed by atoms with Crippen LogP contribution in [0, 0.1) is 0 Å². The van der Waals surface area contributed by atoms with Crippen molar-refractivity contribution in [2.24, 2.45) is 0 Å². The molecule has 3 rings (SSSR count). The van der Waals surface area contributed by atoms with Gasteiger partial charge in [-0.3, -0.25) is 4.90 Å². The fourth-order valence-corrected chi connectivity index (χ4v) is 3.07. The molecule has 0 aliphatic heterocycles. The third-order valence-corrected chi connectivity index (χ3v) is 4.52. The summed E-state index contributed by atoms with van der Waals surface area (Å²) in [5.41, 5.74) is 2.15. The fraction of sp³-hybridized carbons (Fsp3) is 0.238. The largest absolute Gasteiger partial charge is 0.573 e. The van der Waals surface area contributed by atoms with Gasteiger partial charge in [-0.2, -0.15) is 0 Å². The van der Waals surface area contributed by atoms with Crippen molar-refractivity contribution >= 4 is 23.2 Å². The van der Waals surface area contributed by atoms with Gasteiger partial charge in [0.25, 0.3) is 0 Å². The van der Waals surface area contributed by atoms with Gasteiger partial charge in [0.05, 0.1) is 0 Å². The quantitative estimate of drug-likeness (QED) is 0.498. The van der Waals surface area contributed by atoms with Crippen molar-refractivity contribution in [1.29, 1.82) is 0 Å². The summed E-state index contributed by atoms with van der Waals surface area (Å²) in [6.07, 6.45) is -4.67. The molecular weight excluding hydrogens is 375 g/mol. The van der Waals surface area contributed by atoms with Crippen molar-refractivity contribution in [3.63, 3.8) is 0 Å². The molecule has 0 fully saturated rings. The minimum atomic E-state index is -4.67. The lowest BCUT2D eigenvalue weighted by molar-refractivity contribution is -0.274. The monoisotopic (exact) mass is 395 g/mol. The summed E-state index contributed by atoms with van der Waals surface area (Å²) < 4.78 is 40.6. The highest BCUT2D eigenvalue weighted by Crippen LogP contribution is 2.29. The van der Waals surface area contributed by atoms with Crippen LogP contribution in [0.4, 0.5) is 13.2 Å². The van der Waals surface area contributed by atoms with Crippen LogP contribution < -0.4 is 4.74 Å². The Balaban J connectivity index is 0.00000261. The van der Waals surface area contributed by atoms with E-state index >= 15 is 0 Å². The van der Waals surface area contributed by atoms with Gasteiger partial charge in [-0.15, -0.1) is 25.6 Å². The van der Waals surface area contributed by atoms with Gasteiger partial charge in [0.2, 0.25) is 0 Å². The van der Waals surface area contributed by atoms with E-state index in [9.17, 15) is 13.2 Å². The van der Waals surface area contributed by atoms with Crippen LogP contribution in [0.1, 0.15) is 24.1 Å². The molecule has 144 valence electrons. The highest BCUT2D eigenvalue weighted by molar-refractivity contribution is 5.86. The minimum Gasteiger partial charge on any atom is -0.406 e. The molecule has 3 aromatic carbocycles. The molecule has 2 nitrogen and oxygen atoms in total. The zero-order valence-electron chi connectivity index (χ0n) is 15.0. The number of rotatable bonds is 5. The maximum atomic E-state index is 12.2. The Morgan fingerprint density at radius 1 is 0.926 bits per heavy atom. The van der Waals surface area contributed by atoms with E-state index in [4.69, 9.17) is 0 Å². The highest BCUT2D eigenvalue weighted by atomic mass is 35.5. The summed E-state index contributed by atoms with van der Waals surface area (Å²) in [6, 6.07) is 20.7. The first-order chi connectivity index (χ1) is 12.3. The molecule has 1 atom stereocenters. The lowest BCUT2D eigenvalue weighted by Gasteiger charge is -2.26. The van der Waals surface area contributed by atoms with E-state index < -0.39 is 6.36 Å². The number of benzene rings is 3. The number of halogens is 4. The molecule has 0 N–H and O–H groups in total. The molecule has 0 amide bonds. The molecule has 0 aromatic heterocycles. The van der Waals surface area contributed by atoms with Crippen LogP contribution in [0.25, 0.3) is 10.8 Å². The Bertz CT molecular complexity index is 875. The molecule has 0 radical (unpaired) electrons. The summed E-state index contributed by atoms with van der Waals surface area (Å²) in [6.45, 7) is 2.75. The van der Waals surface area contributed by atoms with Gasteiger partial charge in [-0.05, 0) is 48.0 Å². The van der Waals surface area contributed by atoms with Gasteiger partial charge in [-0.1, -0.05) is 54.6 Å². The SMILES string of the molecule is C[C@H](c1cccc2ccccc12)N(C)Cc1ccc(OC(F)(F)F)cc1.Cl. The van der Waals surface area contributed by atoms with E-state index in [0.717, 1.165) is 5.56 Å². The average Bonchev–Trinajstić information content (AvgIpc) is 2.61. The molecule has 0 bridgehead atoms. The molecule has 0 heterocycles. The van der Waals surface area contributed by atoms with Crippen molar-refractivity contribution in [3.05, 3.63) is 77.9 Å². The Morgan fingerprint density at radius 2 is 1.56 bits per heavy atom. The number of alkyl halides is 3. The molecule has 0 spiro atoms. The minimum absolute atomic E-state index is 0. The zero-order chi connectivity index (χ0) is 18.7. The lowest BCUT2D eigenvalue weighted by Crippen LogP contribution is -2.22. The van der Waals surface area contributed by atoms with Gasteiger partial charge in [0.15, 0.2) is 0 Å². The van der Waals surface area contributed by atoms with Gasteiger partial charge in [0.1, 0.15) is 5.75 Å². The number of hydrogen-bond donors (Lipinski definition) is 0. The molecule has 0 unspecified atom stereocenters. The maximum Gasteiger partial charge on any atom is 0.573 e. The van der Waals surface area contributed by atoms with E-state index in [-0.39, 0.29) is 24.2 Å². The van der Waals surface area contributed by atoms with Crippen molar-refractivity contribution in [2.45, 2.75) is 25.9 Å². The maximum absolute atomic E-state index is 12.2. The number of hydrogen-bond acceptors (Lipinski definition) is 2. The smallest absolute Gasteiger partial charge is 0.406 e. The molecular formula is C21H21ClF3NO. The third kappa shape index (κ3) is 5.37. The number of fused-ring (bicyclic) bond motifs is 1. The van der Waals surface area contributed by atoms with Gasteiger partial charge in [-0.25, -0.2) is 0 Å². The second-order valence-electron chi connectivity index (χ2n) is 6.35. The summed E-state index contributed by atoms with van der Waals surface area (Å²) in [4.78, 5) is 2.17. The van der Waals surface area contributed by atoms with E-state index in [1.165, 1.54) is 28.5 Å². The van der Waals surface area contributed by atoms with Crippen LogP contribution in [0.15, 0.2) is 66.7 Å². The Labute approximate surface area is 163 Å². The average molecular weight is 396 g/mol. The van der Waals surface area contributed by atoms with Crippen LogP contribution in [0.5, 0.6) is 5.75 Å². The van der Waals surface area contributed by atoms with E-state index in [0.29, 0.717) is 6.54 Å². The molecule has 0 aliphatic rings. The molecule has 0 saturated heterocycles. The first kappa shape index (κ1) is 21.1. The number of nitrogens with zero attached hydrogens (tertiary/aromatic N) is 1. The lowest BCUT2D eigenvalue weighted by atomic mass is 9.98. The molecule has 27 heavy (non-hydrogen) atoms. The summed E-state index contributed by atoms with van der Waals surface area (Å²) >= 11 is 0. The summed E-state index contributed by atoms with van der Waals surface area (Å²) in [5, 5.41) is 2.40. The molecule has 0 saturated carbocycles. The van der Waals surface area contributed by atoms with Crippen LogP contribution in [0.2, 0.25) is 0 Å². The molecule has 0 aliphatic carbocycles. The van der Waals surface area contributed by atoms with Gasteiger partial charge in [0, 0.05) is 12.6 Å². The van der Waals surface area contributed by atoms with Crippen LogP contribution in [0.3, 0.4) is 0 Å². The predicted octanol–water partition coefficient (Wildman–Crippen LogP) is 6.35. The third-order valence-electron chi connectivity index (χ3n) is 4.52. The predicted molar refractivity (Wildman–Crippen MR) is 104 cm³/mol. The normalized spacial score (nSPS) is 12.7. The van der Waals surface area contributed by atoms with Gasteiger partial charge >= 0.3 is 6.36 Å². The first-order valence-electron chi connectivity index (χ1n) is 8.36. The van der Waals surface area contributed by atoms with Gasteiger partial charge < -0.3 is 4.74 Å². The van der Waals surface area contributed by atoms with Crippen molar-refractivity contribution in [3.8, 4) is 5.75 Å². The van der Waals surface area contributed by atoms with Crippen LogP contribution in [-0.4, -0.2) is 18.3 Å². The second-order valence-corrected chi connectivity index (χ2v) is 6.35. The highest BCUT2D eigenvalue weighted by Gasteiger charge is 2.31. The van der Waals surface area contributed by atoms with E-state index in [1.807, 2.05) is 25.2 Å². The van der Waals surface area contributed by atoms with Crippen LogP contribution >= 0.6 is 12.4 Å². The Morgan fingerprint density at radius 3 is 2.22 bits per heavy atom. The topological polar surface area (TPSA) is 12.5 Å². The summed E-state index contributed by atoms with van der Waals surface area (Å²) in [5.74, 6) is -0.203. The van der Waals surface area contributed by atoms with E-state index in [2.05, 4.69) is 40.8 Å². The fourth-order valence-electron chi connectivity index (χ4n) is 3.07. The number of ether oxygens (including phenoxy) is 1. The standard InChI is InChI=1S/C21H20F3NO.ClH/c1-15(19-9-5-7-17-6-3-4-8-20(17)19)25(2)14-16-10-12-18(13-11-16)26-21(22,23)24;/h3-13,15H,14H2,1-2H3;1H/t15-;/m1./s1. The van der Waals surface area contributed by atoms with Crippen LogP contribution in [-0.2, 0) is 6.54 Å². The molecule has 3 aromatic rings. The Hall–Kier alpha value is -2.24. The molecule has 6 heteroatoms. The van der Waals surface area contributed by atoms with Crippen molar-refractivity contribution < 1.29 is 17.9 Å². The zero-order valence-corrected chi connectivity index (χ0v) is 15.8. The van der Waals surface area contributed by atoms with Crippen molar-refractivity contribution in [2.75, 3.05) is 7.05 Å². The van der Waals surface area contributed by atoms with E-state index in [1.54, 1.807) is 12.1 Å².